The number of hydrogen-bond donors (Lipinski definition) is 1. The zero-order valence-corrected chi connectivity index (χ0v) is 9.10. The van der Waals surface area contributed by atoms with Crippen LogP contribution in [-0.2, 0) is 7.05 Å². The number of aryl methyl sites for hydroxylation is 2. The Hall–Kier alpha value is -1.36. The lowest BCUT2D eigenvalue weighted by atomic mass is 10.2. The Labute approximate surface area is 88.8 Å². The van der Waals surface area contributed by atoms with Crippen LogP contribution in [0, 0.1) is 6.92 Å². The number of aromatic nitrogens is 2. The number of carbonyl (C=O) groups excluding carboxylic acids is 1. The van der Waals surface area contributed by atoms with Crippen molar-refractivity contribution in [3.05, 3.63) is 17.5 Å². The lowest BCUT2D eigenvalue weighted by Gasteiger charge is -2.14. The quantitative estimate of drug-likeness (QED) is 0.701. The van der Waals surface area contributed by atoms with Crippen LogP contribution in [0.5, 0.6) is 0 Å². The maximum Gasteiger partial charge on any atom is 0.257 e. The third-order valence-electron chi connectivity index (χ3n) is 2.76. The van der Waals surface area contributed by atoms with E-state index in [2.05, 4.69) is 5.10 Å². The van der Waals surface area contributed by atoms with E-state index >= 15 is 0 Å². The fourth-order valence-corrected chi connectivity index (χ4v) is 1.95. The molecule has 5 heteroatoms. The molecule has 1 aliphatic rings. The highest BCUT2D eigenvalue weighted by atomic mass is 16.2. The van der Waals surface area contributed by atoms with Gasteiger partial charge in [-0.2, -0.15) is 5.10 Å². The van der Waals surface area contributed by atoms with Crippen LogP contribution in [0.4, 0.5) is 0 Å². The molecule has 1 unspecified atom stereocenters. The topological polar surface area (TPSA) is 64.2 Å². The third kappa shape index (κ3) is 1.87. The van der Waals surface area contributed by atoms with E-state index in [0.717, 1.165) is 18.7 Å². The van der Waals surface area contributed by atoms with Crippen molar-refractivity contribution in [2.45, 2.75) is 19.4 Å². The van der Waals surface area contributed by atoms with Crippen LogP contribution in [0.3, 0.4) is 0 Å². The van der Waals surface area contributed by atoms with Crippen molar-refractivity contribution in [3.63, 3.8) is 0 Å². The van der Waals surface area contributed by atoms with Gasteiger partial charge in [0.25, 0.3) is 5.91 Å². The average Bonchev–Trinajstić information content (AvgIpc) is 2.71. The van der Waals surface area contributed by atoms with Crippen LogP contribution in [0.25, 0.3) is 0 Å². The van der Waals surface area contributed by atoms with Crippen molar-refractivity contribution >= 4 is 5.91 Å². The highest BCUT2D eigenvalue weighted by molar-refractivity contribution is 5.95. The predicted molar refractivity (Wildman–Crippen MR) is 56.4 cm³/mol. The highest BCUT2D eigenvalue weighted by Crippen LogP contribution is 2.14. The number of nitrogens with two attached hydrogens (primary N) is 1. The van der Waals surface area contributed by atoms with E-state index in [1.807, 2.05) is 14.0 Å². The summed E-state index contributed by atoms with van der Waals surface area (Å²) in [6, 6.07) is 0.130. The molecule has 15 heavy (non-hydrogen) atoms. The zero-order chi connectivity index (χ0) is 11.0. The minimum Gasteiger partial charge on any atom is -0.337 e. The summed E-state index contributed by atoms with van der Waals surface area (Å²) in [5, 5.41) is 4.16. The second kappa shape index (κ2) is 3.66. The molecule has 0 aromatic carbocycles. The average molecular weight is 208 g/mol. The van der Waals surface area contributed by atoms with Crippen molar-refractivity contribution in [1.82, 2.24) is 14.7 Å². The Morgan fingerprint density at radius 2 is 2.40 bits per heavy atom. The van der Waals surface area contributed by atoms with Gasteiger partial charge in [-0.05, 0) is 13.3 Å². The molecule has 1 fully saturated rings. The van der Waals surface area contributed by atoms with Crippen molar-refractivity contribution in [3.8, 4) is 0 Å². The van der Waals surface area contributed by atoms with E-state index in [1.165, 1.54) is 0 Å². The first-order chi connectivity index (χ1) is 7.08. The van der Waals surface area contributed by atoms with Crippen LogP contribution < -0.4 is 5.73 Å². The van der Waals surface area contributed by atoms with Crippen molar-refractivity contribution < 1.29 is 4.79 Å². The summed E-state index contributed by atoms with van der Waals surface area (Å²) in [6.07, 6.45) is 2.66. The molecule has 0 aliphatic carbocycles. The smallest absolute Gasteiger partial charge is 0.257 e. The molecule has 0 saturated carbocycles. The van der Waals surface area contributed by atoms with Gasteiger partial charge in [0.15, 0.2) is 0 Å². The van der Waals surface area contributed by atoms with Gasteiger partial charge >= 0.3 is 0 Å². The number of carbonyl (C=O) groups is 1. The number of rotatable bonds is 1. The molecule has 0 radical (unpaired) electrons. The molecular weight excluding hydrogens is 192 g/mol. The maximum absolute atomic E-state index is 12.0. The summed E-state index contributed by atoms with van der Waals surface area (Å²) in [5.41, 5.74) is 7.24. The van der Waals surface area contributed by atoms with Gasteiger partial charge in [0.05, 0.1) is 11.3 Å². The van der Waals surface area contributed by atoms with E-state index in [-0.39, 0.29) is 11.9 Å². The van der Waals surface area contributed by atoms with Gasteiger partial charge in [-0.25, -0.2) is 0 Å². The predicted octanol–water partition coefficient (Wildman–Crippen LogP) is -0.0983. The second-order valence-corrected chi connectivity index (χ2v) is 4.10. The number of hydrogen-bond acceptors (Lipinski definition) is 3. The van der Waals surface area contributed by atoms with Crippen molar-refractivity contribution in [2.24, 2.45) is 12.8 Å². The summed E-state index contributed by atoms with van der Waals surface area (Å²) >= 11 is 0. The van der Waals surface area contributed by atoms with Crippen LogP contribution in [0.15, 0.2) is 6.20 Å². The molecule has 0 bridgehead atoms. The molecule has 82 valence electrons. The lowest BCUT2D eigenvalue weighted by Crippen LogP contribution is -2.32. The minimum atomic E-state index is 0.0496. The first-order valence-electron chi connectivity index (χ1n) is 5.13. The zero-order valence-electron chi connectivity index (χ0n) is 9.10. The largest absolute Gasteiger partial charge is 0.337 e. The SMILES string of the molecule is Cc1nn(C)cc1C(=O)N1CCC(N)C1. The molecule has 5 nitrogen and oxygen atoms in total. The molecule has 1 atom stereocenters. The molecule has 1 aromatic rings. The van der Waals surface area contributed by atoms with Crippen LogP contribution in [0.2, 0.25) is 0 Å². The first kappa shape index (κ1) is 10.2. The van der Waals surface area contributed by atoms with Gasteiger partial charge in [0.1, 0.15) is 0 Å². The number of nitrogens with zero attached hydrogens (tertiary/aromatic N) is 3. The van der Waals surface area contributed by atoms with E-state index in [9.17, 15) is 4.79 Å². The molecule has 1 amide bonds. The van der Waals surface area contributed by atoms with Gasteiger partial charge in [-0.15, -0.1) is 0 Å². The van der Waals surface area contributed by atoms with Gasteiger partial charge < -0.3 is 10.6 Å². The van der Waals surface area contributed by atoms with Gasteiger partial charge in [-0.3, -0.25) is 9.48 Å². The molecule has 1 aliphatic heterocycles. The number of amides is 1. The summed E-state index contributed by atoms with van der Waals surface area (Å²) < 4.78 is 1.67. The summed E-state index contributed by atoms with van der Waals surface area (Å²) in [4.78, 5) is 13.8. The molecular formula is C10H16N4O. The van der Waals surface area contributed by atoms with E-state index < -0.39 is 0 Å². The van der Waals surface area contributed by atoms with E-state index in [4.69, 9.17) is 5.73 Å². The molecule has 1 aromatic heterocycles. The Bertz CT molecular complexity index is 385. The van der Waals surface area contributed by atoms with Crippen molar-refractivity contribution in [2.75, 3.05) is 13.1 Å². The lowest BCUT2D eigenvalue weighted by molar-refractivity contribution is 0.0790. The van der Waals surface area contributed by atoms with E-state index in [0.29, 0.717) is 12.1 Å². The highest BCUT2D eigenvalue weighted by Gasteiger charge is 2.26. The monoisotopic (exact) mass is 208 g/mol. The van der Waals surface area contributed by atoms with Crippen LogP contribution >= 0.6 is 0 Å². The standard InChI is InChI=1S/C10H16N4O/c1-7-9(6-13(2)12-7)10(15)14-4-3-8(11)5-14/h6,8H,3-5,11H2,1-2H3. The van der Waals surface area contributed by atoms with Gasteiger partial charge in [-0.1, -0.05) is 0 Å². The number of likely N-dealkylation sites (tertiary alicyclic amines) is 1. The van der Waals surface area contributed by atoms with E-state index in [1.54, 1.807) is 15.8 Å². The summed E-state index contributed by atoms with van der Waals surface area (Å²) in [6.45, 7) is 3.27. The van der Waals surface area contributed by atoms with Gasteiger partial charge in [0, 0.05) is 32.4 Å². The first-order valence-corrected chi connectivity index (χ1v) is 5.13. The molecule has 2 rings (SSSR count). The van der Waals surface area contributed by atoms with Crippen LogP contribution in [-0.4, -0.2) is 39.7 Å². The molecule has 1 saturated heterocycles. The fourth-order valence-electron chi connectivity index (χ4n) is 1.95. The molecule has 2 N–H and O–H groups in total. The van der Waals surface area contributed by atoms with Crippen LogP contribution in [0.1, 0.15) is 22.5 Å². The second-order valence-electron chi connectivity index (χ2n) is 4.10. The minimum absolute atomic E-state index is 0.0496. The molecule has 0 spiro atoms. The Morgan fingerprint density at radius 3 is 2.87 bits per heavy atom. The Kier molecular flexibility index (Phi) is 2.48. The van der Waals surface area contributed by atoms with Crippen molar-refractivity contribution in [1.29, 1.82) is 0 Å². The maximum atomic E-state index is 12.0. The van der Waals surface area contributed by atoms with Gasteiger partial charge in [0.2, 0.25) is 0 Å². The molecule has 2 heterocycles. The fraction of sp³-hybridized carbons (Fsp3) is 0.600. The summed E-state index contributed by atoms with van der Waals surface area (Å²) in [7, 11) is 1.82. The Balaban J connectivity index is 2.17. The third-order valence-corrected chi connectivity index (χ3v) is 2.76. The summed E-state index contributed by atoms with van der Waals surface area (Å²) in [5.74, 6) is 0.0496. The normalized spacial score (nSPS) is 21.0. The Morgan fingerprint density at radius 1 is 1.67 bits per heavy atom.